The monoisotopic (exact) mass is 489 g/mol. The molecule has 0 aliphatic heterocycles. The Morgan fingerprint density at radius 3 is 2.77 bits per heavy atom. The predicted molar refractivity (Wildman–Crippen MR) is 136 cm³/mol. The Kier molecular flexibility index (Phi) is 7.32. The van der Waals surface area contributed by atoms with E-state index in [1.54, 1.807) is 22.8 Å². The third kappa shape index (κ3) is 4.98. The van der Waals surface area contributed by atoms with Crippen molar-refractivity contribution in [3.8, 4) is 23.1 Å². The highest BCUT2D eigenvalue weighted by Gasteiger charge is 2.16. The first kappa shape index (κ1) is 24.2. The summed E-state index contributed by atoms with van der Waals surface area (Å²) in [7, 11) is 1.51. The van der Waals surface area contributed by atoms with E-state index in [1.807, 2.05) is 18.2 Å². The highest BCUT2D eigenvalue weighted by Crippen LogP contribution is 2.31. The number of hydrogen-bond acceptors (Lipinski definition) is 6. The molecule has 0 unspecified atom stereocenters. The van der Waals surface area contributed by atoms with E-state index in [4.69, 9.17) is 4.74 Å². The second kappa shape index (κ2) is 10.6. The van der Waals surface area contributed by atoms with Crippen LogP contribution >= 0.6 is 12.6 Å². The number of aromatic nitrogens is 3. The maximum absolute atomic E-state index is 14.6. The van der Waals surface area contributed by atoms with Gasteiger partial charge in [0.15, 0.2) is 0 Å². The van der Waals surface area contributed by atoms with Crippen LogP contribution in [0.3, 0.4) is 0 Å². The number of methoxy groups -OCH3 is 1. The molecule has 2 aromatic heterocycles. The van der Waals surface area contributed by atoms with Gasteiger partial charge in [0.25, 0.3) is 0 Å². The summed E-state index contributed by atoms with van der Waals surface area (Å²) >= 11 is 3.98. The Labute approximate surface area is 208 Å². The van der Waals surface area contributed by atoms with Crippen LogP contribution in [0, 0.1) is 17.1 Å². The number of nitrogens with one attached hydrogen (secondary N) is 1. The molecule has 9 heteroatoms. The minimum absolute atomic E-state index is 0.256. The van der Waals surface area contributed by atoms with Crippen LogP contribution < -0.4 is 10.1 Å². The van der Waals surface area contributed by atoms with Gasteiger partial charge in [-0.3, -0.25) is 4.79 Å². The van der Waals surface area contributed by atoms with Crippen LogP contribution in [0.5, 0.6) is 5.75 Å². The SMILES string of the molecule is CCCc1cc(-c2cc(NCCn3c(C#N)cc4c(OC)ccc(F)c43)ncn2)ccc1C(=O)S. The van der Waals surface area contributed by atoms with Crippen molar-refractivity contribution in [1.29, 1.82) is 5.26 Å². The normalized spacial score (nSPS) is 10.8. The molecular weight excluding hydrogens is 465 g/mol. The van der Waals surface area contributed by atoms with Gasteiger partial charge in [-0.05, 0) is 42.3 Å². The highest BCUT2D eigenvalue weighted by molar-refractivity contribution is 7.97. The van der Waals surface area contributed by atoms with Gasteiger partial charge in [-0.25, -0.2) is 14.4 Å². The second-order valence-corrected chi connectivity index (χ2v) is 8.35. The molecule has 0 radical (unpaired) electrons. The number of thiol groups is 1. The third-order valence-corrected chi connectivity index (χ3v) is 6.00. The fourth-order valence-corrected chi connectivity index (χ4v) is 4.38. The Balaban J connectivity index is 1.56. The van der Waals surface area contributed by atoms with Gasteiger partial charge in [0.1, 0.15) is 35.5 Å². The molecule has 0 spiro atoms. The Morgan fingerprint density at radius 2 is 2.06 bits per heavy atom. The summed E-state index contributed by atoms with van der Waals surface area (Å²) < 4.78 is 21.6. The fourth-order valence-electron chi connectivity index (χ4n) is 4.16. The lowest BCUT2D eigenvalue weighted by molar-refractivity contribution is 0.109. The molecule has 2 aromatic carbocycles. The second-order valence-electron chi connectivity index (χ2n) is 7.95. The van der Waals surface area contributed by atoms with E-state index >= 15 is 0 Å². The highest BCUT2D eigenvalue weighted by atomic mass is 32.1. The van der Waals surface area contributed by atoms with E-state index in [0.29, 0.717) is 52.5 Å². The van der Waals surface area contributed by atoms with E-state index < -0.39 is 5.82 Å². The molecule has 0 bridgehead atoms. The number of rotatable bonds is 9. The van der Waals surface area contributed by atoms with Gasteiger partial charge in [-0.15, -0.1) is 12.6 Å². The van der Waals surface area contributed by atoms with Crippen LogP contribution in [-0.2, 0) is 13.0 Å². The maximum atomic E-state index is 14.6. The molecule has 35 heavy (non-hydrogen) atoms. The lowest BCUT2D eigenvalue weighted by Crippen LogP contribution is -2.13. The average Bonchev–Trinajstić information content (AvgIpc) is 3.24. The number of benzene rings is 2. The fraction of sp³-hybridized carbons (Fsp3) is 0.231. The van der Waals surface area contributed by atoms with Gasteiger partial charge in [-0.1, -0.05) is 19.4 Å². The van der Waals surface area contributed by atoms with Gasteiger partial charge in [-0.2, -0.15) is 5.26 Å². The molecule has 0 fully saturated rings. The molecule has 0 aliphatic rings. The number of carbonyl (C=O) groups excluding carboxylic acids is 1. The van der Waals surface area contributed by atoms with Crippen molar-refractivity contribution >= 4 is 34.5 Å². The van der Waals surface area contributed by atoms with Crippen molar-refractivity contribution in [2.24, 2.45) is 0 Å². The lowest BCUT2D eigenvalue weighted by Gasteiger charge is -2.12. The third-order valence-electron chi connectivity index (χ3n) is 5.76. The van der Waals surface area contributed by atoms with E-state index in [-0.39, 0.29) is 5.12 Å². The number of halogens is 1. The zero-order valence-electron chi connectivity index (χ0n) is 19.4. The standard InChI is InChI=1S/C26H24FN5O2S/c1-3-4-16-11-17(5-6-19(16)26(33)35)22-13-24(31-15-30-22)29-9-10-32-18(14-28)12-20-23(34-2)8-7-21(27)25(20)32/h5-8,11-13,15H,3-4,9-10H2,1-2H3,(H,33,35)(H,29,30,31). The zero-order valence-corrected chi connectivity index (χ0v) is 20.3. The molecule has 0 amide bonds. The van der Waals surface area contributed by atoms with E-state index in [0.717, 1.165) is 24.0 Å². The average molecular weight is 490 g/mol. The molecule has 0 aliphatic carbocycles. The number of ether oxygens (including phenoxy) is 1. The molecule has 0 atom stereocenters. The van der Waals surface area contributed by atoms with Gasteiger partial charge in [0, 0.05) is 35.7 Å². The van der Waals surface area contributed by atoms with E-state index in [1.165, 1.54) is 19.5 Å². The molecule has 2 heterocycles. The smallest absolute Gasteiger partial charge is 0.216 e. The topological polar surface area (TPSA) is 92.8 Å². The number of nitriles is 1. The number of nitrogens with zero attached hydrogens (tertiary/aromatic N) is 4. The number of carbonyl (C=O) groups is 1. The largest absolute Gasteiger partial charge is 0.496 e. The summed E-state index contributed by atoms with van der Waals surface area (Å²) in [5.74, 6) is 0.685. The first-order valence-electron chi connectivity index (χ1n) is 11.1. The van der Waals surface area contributed by atoms with Crippen molar-refractivity contribution in [1.82, 2.24) is 14.5 Å². The minimum atomic E-state index is -0.419. The summed E-state index contributed by atoms with van der Waals surface area (Å²) in [6, 6.07) is 14.0. The van der Waals surface area contributed by atoms with Crippen LogP contribution in [0.4, 0.5) is 10.2 Å². The van der Waals surface area contributed by atoms with Gasteiger partial charge in [0.2, 0.25) is 5.12 Å². The summed E-state index contributed by atoms with van der Waals surface area (Å²) in [5, 5.41) is 13.1. The number of hydrogen-bond donors (Lipinski definition) is 2. The van der Waals surface area contributed by atoms with Gasteiger partial charge in [0.05, 0.1) is 18.3 Å². The van der Waals surface area contributed by atoms with Crippen molar-refractivity contribution in [3.63, 3.8) is 0 Å². The molecule has 4 rings (SSSR count). The lowest BCUT2D eigenvalue weighted by atomic mass is 9.99. The Bertz CT molecular complexity index is 1440. The van der Waals surface area contributed by atoms with Crippen LogP contribution in [0.2, 0.25) is 0 Å². The zero-order chi connectivity index (χ0) is 24.9. The van der Waals surface area contributed by atoms with Gasteiger partial charge < -0.3 is 14.6 Å². The molecule has 178 valence electrons. The Hall–Kier alpha value is -3.90. The molecule has 4 aromatic rings. The molecule has 7 nitrogen and oxygen atoms in total. The summed E-state index contributed by atoms with van der Waals surface area (Å²) in [6.07, 6.45) is 3.13. The molecule has 0 saturated carbocycles. The van der Waals surface area contributed by atoms with Gasteiger partial charge >= 0.3 is 0 Å². The Morgan fingerprint density at radius 1 is 1.23 bits per heavy atom. The quantitative estimate of drug-likeness (QED) is 0.312. The maximum Gasteiger partial charge on any atom is 0.216 e. The molecule has 0 saturated heterocycles. The van der Waals surface area contributed by atoms with Crippen LogP contribution in [0.15, 0.2) is 48.8 Å². The number of anilines is 1. The molecular formula is C26H24FN5O2S. The van der Waals surface area contributed by atoms with Crippen molar-refractivity contribution in [2.75, 3.05) is 19.0 Å². The van der Waals surface area contributed by atoms with Crippen LogP contribution in [0.1, 0.15) is 35.0 Å². The van der Waals surface area contributed by atoms with Crippen molar-refractivity contribution in [3.05, 3.63) is 71.4 Å². The molecule has 1 N–H and O–H groups in total. The number of fused-ring (bicyclic) bond motifs is 1. The van der Waals surface area contributed by atoms with Crippen molar-refractivity contribution in [2.45, 2.75) is 26.3 Å². The number of aryl methyl sites for hydroxylation is 1. The first-order valence-corrected chi connectivity index (χ1v) is 11.6. The summed E-state index contributed by atoms with van der Waals surface area (Å²) in [6.45, 7) is 2.80. The predicted octanol–water partition coefficient (Wildman–Crippen LogP) is 5.25. The van der Waals surface area contributed by atoms with E-state index in [2.05, 4.69) is 40.9 Å². The summed E-state index contributed by atoms with van der Waals surface area (Å²) in [4.78, 5) is 20.5. The first-order chi connectivity index (χ1) is 17.0. The summed E-state index contributed by atoms with van der Waals surface area (Å²) in [5.41, 5.74) is 3.78. The minimum Gasteiger partial charge on any atom is -0.496 e. The van der Waals surface area contributed by atoms with E-state index in [9.17, 15) is 14.4 Å². The van der Waals surface area contributed by atoms with Crippen LogP contribution in [0.25, 0.3) is 22.2 Å². The van der Waals surface area contributed by atoms with Crippen LogP contribution in [-0.4, -0.2) is 33.3 Å². The van der Waals surface area contributed by atoms with Crippen molar-refractivity contribution < 1.29 is 13.9 Å².